The number of esters is 1. The van der Waals surface area contributed by atoms with Crippen LogP contribution >= 0.6 is 0 Å². The molecule has 0 aromatic rings. The van der Waals surface area contributed by atoms with E-state index in [2.05, 4.69) is 13.8 Å². The van der Waals surface area contributed by atoms with E-state index in [4.69, 9.17) is 4.74 Å². The van der Waals surface area contributed by atoms with E-state index in [1.165, 1.54) is 6.92 Å². The summed E-state index contributed by atoms with van der Waals surface area (Å²) < 4.78 is 4.76. The van der Waals surface area contributed by atoms with Gasteiger partial charge in [-0.3, -0.25) is 9.59 Å². The van der Waals surface area contributed by atoms with Gasteiger partial charge in [-0.25, -0.2) is 0 Å². The summed E-state index contributed by atoms with van der Waals surface area (Å²) in [5.41, 5.74) is 0. The maximum absolute atomic E-state index is 11.1. The zero-order valence-electron chi connectivity index (χ0n) is 12.4. The molecule has 0 radical (unpaired) electrons. The summed E-state index contributed by atoms with van der Waals surface area (Å²) in [5.74, 6) is 0.147. The second-order valence-corrected chi connectivity index (χ2v) is 4.78. The van der Waals surface area contributed by atoms with E-state index in [0.717, 1.165) is 32.2 Å². The third-order valence-electron chi connectivity index (χ3n) is 3.17. The van der Waals surface area contributed by atoms with Gasteiger partial charge in [0.1, 0.15) is 0 Å². The van der Waals surface area contributed by atoms with Crippen LogP contribution in [0.4, 0.5) is 0 Å². The van der Waals surface area contributed by atoms with E-state index >= 15 is 0 Å². The van der Waals surface area contributed by atoms with E-state index in [9.17, 15) is 9.59 Å². The molecule has 4 heteroatoms. The van der Waals surface area contributed by atoms with Crippen LogP contribution in [-0.2, 0) is 14.3 Å². The van der Waals surface area contributed by atoms with E-state index in [0.29, 0.717) is 11.9 Å². The minimum absolute atomic E-state index is 0.0764. The number of carbonyl (C=O) groups excluding carboxylic acids is 2. The first-order chi connectivity index (χ1) is 8.42. The summed E-state index contributed by atoms with van der Waals surface area (Å²) in [6.45, 7) is 10.5. The van der Waals surface area contributed by atoms with E-state index in [1.807, 2.05) is 18.7 Å². The van der Waals surface area contributed by atoms with Crippen LogP contribution in [0.3, 0.4) is 0 Å². The first-order valence-corrected chi connectivity index (χ1v) is 6.89. The fourth-order valence-electron chi connectivity index (χ4n) is 1.72. The number of ether oxygens (including phenoxy) is 1. The molecule has 2 unspecified atom stereocenters. The van der Waals surface area contributed by atoms with Crippen molar-refractivity contribution in [1.29, 1.82) is 0 Å². The van der Waals surface area contributed by atoms with Gasteiger partial charge >= 0.3 is 5.97 Å². The lowest BCUT2D eigenvalue weighted by Gasteiger charge is -2.22. The molecule has 1 heterocycles. The molecule has 1 amide bonds. The second-order valence-electron chi connectivity index (χ2n) is 4.78. The number of nitrogens with zero attached hydrogens (tertiary/aromatic N) is 1. The molecular weight excluding hydrogens is 230 g/mol. The van der Waals surface area contributed by atoms with Crippen molar-refractivity contribution in [2.24, 2.45) is 0 Å². The number of amides is 1. The Bertz CT molecular complexity index is 266. The number of likely N-dealkylation sites (tertiary alicyclic amines) is 1. The zero-order valence-corrected chi connectivity index (χ0v) is 12.4. The average Bonchev–Trinajstić information content (AvgIpc) is 2.74. The summed E-state index contributed by atoms with van der Waals surface area (Å²) in [7, 11) is 0. The lowest BCUT2D eigenvalue weighted by molar-refractivity contribution is -0.145. The Labute approximate surface area is 111 Å². The van der Waals surface area contributed by atoms with Crippen LogP contribution < -0.4 is 0 Å². The lowest BCUT2D eigenvalue weighted by atomic mass is 10.2. The molecule has 0 aromatic carbocycles. The number of hydrogen-bond acceptors (Lipinski definition) is 3. The van der Waals surface area contributed by atoms with Gasteiger partial charge in [0.15, 0.2) is 0 Å². The van der Waals surface area contributed by atoms with Crippen molar-refractivity contribution < 1.29 is 14.3 Å². The fourth-order valence-corrected chi connectivity index (χ4v) is 1.72. The summed E-state index contributed by atoms with van der Waals surface area (Å²) in [4.78, 5) is 23.3. The van der Waals surface area contributed by atoms with Crippen molar-refractivity contribution >= 4 is 11.9 Å². The predicted molar refractivity (Wildman–Crippen MR) is 72.2 cm³/mol. The molecule has 0 aromatic heterocycles. The molecule has 106 valence electrons. The molecule has 1 rings (SSSR count). The van der Waals surface area contributed by atoms with Crippen molar-refractivity contribution in [2.75, 3.05) is 6.54 Å². The fraction of sp³-hybridized carbons (Fsp3) is 0.857. The minimum Gasteiger partial charge on any atom is -0.463 e. The molecule has 1 aliphatic rings. The molecule has 0 bridgehead atoms. The van der Waals surface area contributed by atoms with Crippen LogP contribution in [0.5, 0.6) is 0 Å². The van der Waals surface area contributed by atoms with Crippen LogP contribution in [0.1, 0.15) is 60.3 Å². The highest BCUT2D eigenvalue weighted by molar-refractivity contribution is 5.78. The Morgan fingerprint density at radius 1 is 1.33 bits per heavy atom. The van der Waals surface area contributed by atoms with Gasteiger partial charge in [0.05, 0.1) is 6.10 Å². The van der Waals surface area contributed by atoms with Crippen LogP contribution in [0, 0.1) is 0 Å². The zero-order chi connectivity index (χ0) is 14.1. The topological polar surface area (TPSA) is 46.6 Å². The summed E-state index contributed by atoms with van der Waals surface area (Å²) >= 11 is 0. The Hall–Kier alpha value is -1.06. The van der Waals surface area contributed by atoms with Gasteiger partial charge in [-0.05, 0) is 33.1 Å². The normalized spacial score (nSPS) is 17.8. The van der Waals surface area contributed by atoms with Crippen LogP contribution in [-0.4, -0.2) is 35.5 Å². The Morgan fingerprint density at radius 3 is 2.22 bits per heavy atom. The second kappa shape index (κ2) is 8.95. The monoisotopic (exact) mass is 257 g/mol. The van der Waals surface area contributed by atoms with Crippen LogP contribution in [0.2, 0.25) is 0 Å². The highest BCUT2D eigenvalue weighted by Gasteiger charge is 2.23. The summed E-state index contributed by atoms with van der Waals surface area (Å²) in [6.07, 6.45) is 3.87. The Balaban J connectivity index is 0.000000331. The molecule has 2 atom stereocenters. The van der Waals surface area contributed by atoms with Gasteiger partial charge in [-0.1, -0.05) is 13.8 Å². The smallest absolute Gasteiger partial charge is 0.302 e. The highest BCUT2D eigenvalue weighted by Crippen LogP contribution is 2.14. The van der Waals surface area contributed by atoms with Crippen LogP contribution in [0.15, 0.2) is 0 Å². The van der Waals surface area contributed by atoms with Crippen molar-refractivity contribution in [3.05, 3.63) is 0 Å². The molecule has 4 nitrogen and oxygen atoms in total. The molecule has 1 saturated heterocycles. The SMILES string of the molecule is CCC(C)N1CCCC1=O.CCC(C)OC(C)=O. The third kappa shape index (κ3) is 6.62. The summed E-state index contributed by atoms with van der Waals surface area (Å²) in [6, 6.07) is 0.454. The van der Waals surface area contributed by atoms with E-state index in [1.54, 1.807) is 0 Å². The number of rotatable bonds is 4. The Morgan fingerprint density at radius 2 is 1.94 bits per heavy atom. The number of carbonyl (C=O) groups is 2. The highest BCUT2D eigenvalue weighted by atomic mass is 16.5. The predicted octanol–water partition coefficient (Wildman–Crippen LogP) is 2.76. The van der Waals surface area contributed by atoms with Gasteiger partial charge in [0, 0.05) is 25.9 Å². The standard InChI is InChI=1S/C8H15NO.C6H12O2/c1-3-7(2)9-6-4-5-8(9)10;1-4-5(2)8-6(3)7/h7H,3-6H2,1-2H3;5H,4H2,1-3H3. The van der Waals surface area contributed by atoms with Gasteiger partial charge in [0.2, 0.25) is 5.91 Å². The van der Waals surface area contributed by atoms with Crippen molar-refractivity contribution in [2.45, 2.75) is 72.4 Å². The quantitative estimate of drug-likeness (QED) is 0.727. The molecule has 1 aliphatic heterocycles. The maximum Gasteiger partial charge on any atom is 0.302 e. The van der Waals surface area contributed by atoms with Crippen molar-refractivity contribution in [3.63, 3.8) is 0 Å². The molecule has 1 fully saturated rings. The molecule has 0 spiro atoms. The van der Waals surface area contributed by atoms with Crippen molar-refractivity contribution in [3.8, 4) is 0 Å². The Kier molecular flexibility index (Phi) is 8.42. The largest absolute Gasteiger partial charge is 0.463 e. The number of hydrogen-bond donors (Lipinski definition) is 0. The molecule has 0 saturated carbocycles. The molecule has 0 N–H and O–H groups in total. The van der Waals surface area contributed by atoms with Crippen molar-refractivity contribution in [1.82, 2.24) is 4.90 Å². The first-order valence-electron chi connectivity index (χ1n) is 6.89. The minimum atomic E-state index is -0.195. The van der Waals surface area contributed by atoms with Gasteiger partial charge in [-0.2, -0.15) is 0 Å². The van der Waals surface area contributed by atoms with Gasteiger partial charge < -0.3 is 9.64 Å². The molecule has 0 aliphatic carbocycles. The van der Waals surface area contributed by atoms with E-state index < -0.39 is 0 Å². The average molecular weight is 257 g/mol. The van der Waals surface area contributed by atoms with Crippen LogP contribution in [0.25, 0.3) is 0 Å². The molecule has 18 heavy (non-hydrogen) atoms. The maximum atomic E-state index is 11.1. The first kappa shape index (κ1) is 16.9. The third-order valence-corrected chi connectivity index (χ3v) is 3.17. The van der Waals surface area contributed by atoms with Gasteiger partial charge in [0.25, 0.3) is 0 Å². The summed E-state index contributed by atoms with van der Waals surface area (Å²) in [5, 5.41) is 0. The molecular formula is C14H27NO3. The lowest BCUT2D eigenvalue weighted by Crippen LogP contribution is -2.33. The van der Waals surface area contributed by atoms with Gasteiger partial charge in [-0.15, -0.1) is 0 Å². The van der Waals surface area contributed by atoms with E-state index in [-0.39, 0.29) is 12.1 Å².